The largest absolute Gasteiger partial charge is 0.462 e. The van der Waals surface area contributed by atoms with Crippen molar-refractivity contribution in [1.29, 1.82) is 0 Å². The molecule has 0 radical (unpaired) electrons. The Bertz CT molecular complexity index is 910. The lowest BCUT2D eigenvalue weighted by atomic mass is 9.45. The van der Waals surface area contributed by atoms with Crippen molar-refractivity contribution < 1.29 is 19.4 Å². The van der Waals surface area contributed by atoms with Crippen molar-refractivity contribution in [2.75, 3.05) is 11.9 Å². The quantitative estimate of drug-likeness (QED) is 0.0763. The summed E-state index contributed by atoms with van der Waals surface area (Å²) in [4.78, 5) is 24.6. The van der Waals surface area contributed by atoms with Crippen LogP contribution >= 0.6 is 15.9 Å². The number of ether oxygens (including phenoxy) is 1. The van der Waals surface area contributed by atoms with Crippen LogP contribution in [0.3, 0.4) is 0 Å². The van der Waals surface area contributed by atoms with Gasteiger partial charge in [-0.15, -0.1) is 0 Å². The van der Waals surface area contributed by atoms with E-state index in [4.69, 9.17) is 4.74 Å². The summed E-state index contributed by atoms with van der Waals surface area (Å²) in [6.07, 6.45) is 16.6. The van der Waals surface area contributed by atoms with Gasteiger partial charge in [-0.05, 0) is 109 Å². The summed E-state index contributed by atoms with van der Waals surface area (Å²) in [7, 11) is 0. The van der Waals surface area contributed by atoms with Gasteiger partial charge in [0.15, 0.2) is 0 Å². The Kier molecular flexibility index (Phi) is 12.5. The molecule has 4 atom stereocenters. The average molecular weight is 594 g/mol. The molecule has 2 aliphatic carbocycles. The molecule has 0 amide bonds. The number of hydrogen-bond acceptors (Lipinski definition) is 4. The maximum Gasteiger partial charge on any atom is 0.333 e. The van der Waals surface area contributed by atoms with Crippen molar-refractivity contribution in [3.05, 3.63) is 34.9 Å². The molecule has 0 aromatic rings. The normalized spacial score (nSPS) is 30.2. The van der Waals surface area contributed by atoms with E-state index < -0.39 is 5.60 Å². The first-order valence-corrected chi connectivity index (χ1v) is 15.8. The first-order chi connectivity index (χ1) is 17.8. The second kappa shape index (κ2) is 14.4. The summed E-state index contributed by atoms with van der Waals surface area (Å²) < 4.78 is 5.23. The first kappa shape index (κ1) is 33.0. The minimum atomic E-state index is -0.666. The van der Waals surface area contributed by atoms with Gasteiger partial charge in [-0.1, -0.05) is 66.1 Å². The number of rotatable bonds is 13. The molecular formula is C33H53BrO4. The lowest BCUT2D eigenvalue weighted by molar-refractivity contribution is -0.177. The molecule has 0 heterocycles. The Hall–Kier alpha value is -1.20. The summed E-state index contributed by atoms with van der Waals surface area (Å²) in [6.45, 7) is 15.3. The zero-order valence-electron chi connectivity index (χ0n) is 25.1. The number of alkyl halides is 1. The predicted octanol–water partition coefficient (Wildman–Crippen LogP) is 8.67. The van der Waals surface area contributed by atoms with Gasteiger partial charge in [0.2, 0.25) is 0 Å². The zero-order valence-corrected chi connectivity index (χ0v) is 26.7. The van der Waals surface area contributed by atoms with E-state index in [1.54, 1.807) is 0 Å². The fraction of sp³-hybridized carbons (Fsp3) is 0.758. The van der Waals surface area contributed by atoms with Gasteiger partial charge in [0.05, 0.1) is 12.2 Å². The van der Waals surface area contributed by atoms with Crippen molar-refractivity contribution in [2.24, 2.45) is 22.7 Å². The van der Waals surface area contributed by atoms with Crippen molar-refractivity contribution in [1.82, 2.24) is 0 Å². The van der Waals surface area contributed by atoms with E-state index in [0.29, 0.717) is 30.3 Å². The second-order valence-corrected chi connectivity index (χ2v) is 13.8. The Morgan fingerprint density at radius 3 is 2.24 bits per heavy atom. The van der Waals surface area contributed by atoms with Crippen LogP contribution in [0.15, 0.2) is 34.9 Å². The van der Waals surface area contributed by atoms with Gasteiger partial charge < -0.3 is 9.84 Å². The van der Waals surface area contributed by atoms with Crippen LogP contribution in [0, 0.1) is 22.7 Å². The van der Waals surface area contributed by atoms with Crippen LogP contribution in [0.4, 0.5) is 0 Å². The van der Waals surface area contributed by atoms with Crippen molar-refractivity contribution in [2.45, 2.75) is 125 Å². The molecular weight excluding hydrogens is 540 g/mol. The molecule has 2 aliphatic rings. The third kappa shape index (κ3) is 8.65. The van der Waals surface area contributed by atoms with Crippen LogP contribution in [-0.4, -0.2) is 34.4 Å². The Morgan fingerprint density at radius 2 is 1.61 bits per heavy atom. The highest BCUT2D eigenvalue weighted by Gasteiger charge is 2.59. The summed E-state index contributed by atoms with van der Waals surface area (Å²) in [5.74, 6) is 0.746. The van der Waals surface area contributed by atoms with Crippen molar-refractivity contribution in [3.8, 4) is 0 Å². The Labute approximate surface area is 240 Å². The lowest BCUT2D eigenvalue weighted by Gasteiger charge is -2.60. The van der Waals surface area contributed by atoms with Crippen LogP contribution < -0.4 is 0 Å². The number of carbonyl (C=O) groups is 2. The van der Waals surface area contributed by atoms with Crippen molar-refractivity contribution >= 4 is 27.7 Å². The van der Waals surface area contributed by atoms with E-state index in [-0.39, 0.29) is 22.7 Å². The maximum atomic E-state index is 12.7. The van der Waals surface area contributed by atoms with Crippen LogP contribution in [0.2, 0.25) is 0 Å². The van der Waals surface area contributed by atoms with Crippen molar-refractivity contribution in [3.63, 3.8) is 0 Å². The molecule has 2 rings (SSSR count). The third-order valence-corrected chi connectivity index (χ3v) is 10.1. The highest BCUT2D eigenvalue weighted by atomic mass is 79.9. The van der Waals surface area contributed by atoms with Gasteiger partial charge in [-0.25, -0.2) is 4.79 Å². The first-order valence-electron chi connectivity index (χ1n) is 14.7. The van der Waals surface area contributed by atoms with E-state index in [1.165, 1.54) is 11.1 Å². The monoisotopic (exact) mass is 592 g/mol. The topological polar surface area (TPSA) is 63.6 Å². The van der Waals surface area contributed by atoms with E-state index >= 15 is 0 Å². The lowest BCUT2D eigenvalue weighted by Crippen LogP contribution is -2.59. The molecule has 0 bridgehead atoms. The molecule has 2 saturated carbocycles. The molecule has 0 aromatic heterocycles. The molecule has 0 saturated heterocycles. The number of hydrogen-bond donors (Lipinski definition) is 1. The number of allylic oxidation sites excluding steroid dienone is 5. The summed E-state index contributed by atoms with van der Waals surface area (Å²) in [5, 5.41) is 12.2. The molecule has 0 aliphatic heterocycles. The van der Waals surface area contributed by atoms with Gasteiger partial charge in [0, 0.05) is 22.7 Å². The van der Waals surface area contributed by atoms with E-state index in [2.05, 4.69) is 62.7 Å². The highest BCUT2D eigenvalue weighted by Crippen LogP contribution is 2.62. The number of Topliss-reactive ketones (excluding diaryl/α,β-unsaturated/α-hetero) is 1. The van der Waals surface area contributed by atoms with Crippen LogP contribution in [0.5, 0.6) is 0 Å². The van der Waals surface area contributed by atoms with Gasteiger partial charge in [-0.2, -0.15) is 0 Å². The number of carbonyl (C=O) groups excluding carboxylic acids is 2. The van der Waals surface area contributed by atoms with Gasteiger partial charge >= 0.3 is 5.97 Å². The fourth-order valence-corrected chi connectivity index (χ4v) is 7.38. The number of aliphatic hydroxyl groups is 1. The number of fused-ring (bicyclic) bond motifs is 1. The molecule has 1 N–H and O–H groups in total. The van der Waals surface area contributed by atoms with Crippen LogP contribution in [0.1, 0.15) is 119 Å². The highest BCUT2D eigenvalue weighted by molar-refractivity contribution is 9.09. The standard InChI is InChI=1S/C33H53BrO4/c1-24(14-9-16-26(3)30(36)38-23-11-22-34)12-8-13-25(2)15-10-17-28-32(6)20-19-29(35)31(4,5)27(32)18-21-33(28,7)37/h12,15-16,27-28,37H,8-11,13-14,17-23H2,1-7H3/b24-12+,25-15+,26-16+/t27-,28+,32-,33+/m0/s1. The number of esters is 1. The SMILES string of the molecule is C/C(=C\CC/C(C)=C/CC[C@@H]1[C@@]2(C)CCC(=O)C(C)(C)[C@@H]2CC[C@@]1(C)O)CC/C=C(\C)C(=O)OCCCBr. The molecule has 0 unspecified atom stereocenters. The minimum Gasteiger partial charge on any atom is -0.462 e. The molecule has 5 heteroatoms. The third-order valence-electron chi connectivity index (χ3n) is 9.56. The zero-order chi connectivity index (χ0) is 28.6. The molecule has 2 fully saturated rings. The Balaban J connectivity index is 1.84. The predicted molar refractivity (Wildman–Crippen MR) is 161 cm³/mol. The molecule has 216 valence electrons. The smallest absolute Gasteiger partial charge is 0.333 e. The molecule has 38 heavy (non-hydrogen) atoms. The fourth-order valence-electron chi connectivity index (χ4n) is 7.15. The molecule has 0 aromatic carbocycles. The Morgan fingerprint density at radius 1 is 1.00 bits per heavy atom. The summed E-state index contributed by atoms with van der Waals surface area (Å²) in [6, 6.07) is 0. The van der Waals surface area contributed by atoms with Crippen LogP contribution in [-0.2, 0) is 14.3 Å². The van der Waals surface area contributed by atoms with Gasteiger partial charge in [0.1, 0.15) is 5.78 Å². The molecule has 4 nitrogen and oxygen atoms in total. The number of ketones is 1. The summed E-state index contributed by atoms with van der Waals surface area (Å²) in [5.41, 5.74) is 2.49. The van der Waals surface area contributed by atoms with E-state index in [1.807, 2.05) is 19.9 Å². The van der Waals surface area contributed by atoms with Gasteiger partial charge in [-0.3, -0.25) is 4.79 Å². The van der Waals surface area contributed by atoms with Gasteiger partial charge in [0.25, 0.3) is 0 Å². The van der Waals surface area contributed by atoms with Crippen LogP contribution in [0.25, 0.3) is 0 Å². The summed E-state index contributed by atoms with van der Waals surface area (Å²) >= 11 is 3.34. The second-order valence-electron chi connectivity index (χ2n) is 13.0. The minimum absolute atomic E-state index is 0.0118. The maximum absolute atomic E-state index is 12.7. The average Bonchev–Trinajstić information content (AvgIpc) is 2.83. The molecule has 0 spiro atoms. The van der Waals surface area contributed by atoms with E-state index in [9.17, 15) is 14.7 Å². The number of halogens is 1. The van der Waals surface area contributed by atoms with E-state index in [0.717, 1.165) is 69.5 Å².